The quantitative estimate of drug-likeness (QED) is 0.571. The average Bonchev–Trinajstić information content (AvgIpc) is 2.47. The Kier molecular flexibility index (Phi) is 6.58. The Bertz CT molecular complexity index is 447. The zero-order chi connectivity index (χ0) is 16.0. The van der Waals surface area contributed by atoms with Gasteiger partial charge in [0.1, 0.15) is 0 Å². The topological polar surface area (TPSA) is 50.5 Å². The van der Waals surface area contributed by atoms with Crippen molar-refractivity contribution < 1.29 is 9.13 Å². The number of hydrogen-bond donors (Lipinski definition) is 2. The zero-order valence-corrected chi connectivity index (χ0v) is 13.7. The molecule has 5 heteroatoms. The fourth-order valence-corrected chi connectivity index (χ4v) is 3.16. The Morgan fingerprint density at radius 1 is 1.33 bits per heavy atom. The van der Waals surface area contributed by atoms with Gasteiger partial charge >= 0.3 is 0 Å². The SMILES string of the molecule is CCC(CC)(C(Cc1ccc(OC)c(F)c1)NN)N(C)C. The van der Waals surface area contributed by atoms with Gasteiger partial charge in [-0.3, -0.25) is 11.3 Å². The van der Waals surface area contributed by atoms with Crippen LogP contribution in [0.25, 0.3) is 0 Å². The number of nitrogens with zero attached hydrogens (tertiary/aromatic N) is 1. The molecule has 1 aromatic rings. The van der Waals surface area contributed by atoms with E-state index in [4.69, 9.17) is 10.6 Å². The summed E-state index contributed by atoms with van der Waals surface area (Å²) in [6, 6.07) is 5.11. The molecule has 0 aliphatic carbocycles. The lowest BCUT2D eigenvalue weighted by Crippen LogP contribution is -2.61. The van der Waals surface area contributed by atoms with E-state index in [1.54, 1.807) is 6.07 Å². The number of rotatable bonds is 8. The number of ether oxygens (including phenoxy) is 1. The van der Waals surface area contributed by atoms with Crippen LogP contribution < -0.4 is 16.0 Å². The van der Waals surface area contributed by atoms with Crippen LogP contribution in [0.4, 0.5) is 4.39 Å². The summed E-state index contributed by atoms with van der Waals surface area (Å²) in [6.07, 6.45) is 2.59. The van der Waals surface area contributed by atoms with Crippen LogP contribution in [0, 0.1) is 5.82 Å². The van der Waals surface area contributed by atoms with Crippen LogP contribution in [0.5, 0.6) is 5.75 Å². The molecule has 0 heterocycles. The van der Waals surface area contributed by atoms with Gasteiger partial charge in [0.05, 0.1) is 7.11 Å². The molecule has 120 valence electrons. The van der Waals surface area contributed by atoms with E-state index in [1.165, 1.54) is 13.2 Å². The lowest BCUT2D eigenvalue weighted by Gasteiger charge is -2.45. The smallest absolute Gasteiger partial charge is 0.165 e. The largest absolute Gasteiger partial charge is 0.494 e. The Labute approximate surface area is 127 Å². The van der Waals surface area contributed by atoms with E-state index in [1.807, 2.05) is 6.07 Å². The lowest BCUT2D eigenvalue weighted by molar-refractivity contribution is 0.0882. The van der Waals surface area contributed by atoms with Gasteiger partial charge in [0.15, 0.2) is 11.6 Å². The van der Waals surface area contributed by atoms with Gasteiger partial charge in [-0.1, -0.05) is 19.9 Å². The Morgan fingerprint density at radius 2 is 1.95 bits per heavy atom. The maximum Gasteiger partial charge on any atom is 0.165 e. The van der Waals surface area contributed by atoms with Crippen molar-refractivity contribution in [3.8, 4) is 5.75 Å². The maximum atomic E-state index is 13.8. The lowest BCUT2D eigenvalue weighted by atomic mass is 9.80. The van der Waals surface area contributed by atoms with Gasteiger partial charge in [-0.05, 0) is 51.1 Å². The van der Waals surface area contributed by atoms with Crippen molar-refractivity contribution in [2.75, 3.05) is 21.2 Å². The first-order valence-corrected chi connectivity index (χ1v) is 7.41. The molecular formula is C16H28FN3O. The highest BCUT2D eigenvalue weighted by Gasteiger charge is 2.37. The average molecular weight is 297 g/mol. The summed E-state index contributed by atoms with van der Waals surface area (Å²) < 4.78 is 18.8. The normalized spacial score (nSPS) is 13.5. The zero-order valence-electron chi connectivity index (χ0n) is 13.7. The minimum atomic E-state index is -0.339. The van der Waals surface area contributed by atoms with Crippen LogP contribution in [0.15, 0.2) is 18.2 Å². The van der Waals surface area contributed by atoms with Gasteiger partial charge in [0.2, 0.25) is 0 Å². The van der Waals surface area contributed by atoms with Crippen molar-refractivity contribution in [3.05, 3.63) is 29.6 Å². The summed E-state index contributed by atoms with van der Waals surface area (Å²) in [4.78, 5) is 2.21. The molecule has 0 saturated heterocycles. The third kappa shape index (κ3) is 3.73. The molecular weight excluding hydrogens is 269 g/mol. The molecule has 3 N–H and O–H groups in total. The minimum Gasteiger partial charge on any atom is -0.494 e. The van der Waals surface area contributed by atoms with Crippen molar-refractivity contribution in [2.45, 2.75) is 44.7 Å². The molecule has 1 aromatic carbocycles. The number of benzene rings is 1. The highest BCUT2D eigenvalue weighted by atomic mass is 19.1. The number of methoxy groups -OCH3 is 1. The molecule has 4 nitrogen and oxygen atoms in total. The second-order valence-corrected chi connectivity index (χ2v) is 5.60. The summed E-state index contributed by atoms with van der Waals surface area (Å²) in [5.41, 5.74) is 3.77. The number of likely N-dealkylation sites (N-methyl/N-ethyl adjacent to an activating group) is 1. The summed E-state index contributed by atoms with van der Waals surface area (Å²) in [5, 5.41) is 0. The standard InChI is InChI=1S/C16H28FN3O/c1-6-16(7-2,20(3)4)15(19-18)11-12-8-9-14(21-5)13(17)10-12/h8-10,15,19H,6-7,11,18H2,1-5H3. The third-order valence-electron chi connectivity index (χ3n) is 4.62. The van der Waals surface area contributed by atoms with E-state index in [-0.39, 0.29) is 23.1 Å². The van der Waals surface area contributed by atoms with E-state index >= 15 is 0 Å². The molecule has 0 amide bonds. The monoisotopic (exact) mass is 297 g/mol. The molecule has 1 unspecified atom stereocenters. The van der Waals surface area contributed by atoms with Crippen LogP contribution in [0.3, 0.4) is 0 Å². The summed E-state index contributed by atoms with van der Waals surface area (Å²) in [5.74, 6) is 5.72. The summed E-state index contributed by atoms with van der Waals surface area (Å²) in [6.45, 7) is 4.31. The second kappa shape index (κ2) is 7.73. The first kappa shape index (κ1) is 17.9. The predicted octanol–water partition coefficient (Wildman–Crippen LogP) is 2.33. The molecule has 0 aliphatic heterocycles. The first-order chi connectivity index (χ1) is 9.94. The summed E-state index contributed by atoms with van der Waals surface area (Å²) in [7, 11) is 5.59. The van der Waals surface area contributed by atoms with E-state index in [9.17, 15) is 4.39 Å². The van der Waals surface area contributed by atoms with E-state index < -0.39 is 0 Å². The minimum absolute atomic E-state index is 0.0373. The Hall–Kier alpha value is -1.17. The third-order valence-corrected chi connectivity index (χ3v) is 4.62. The van der Waals surface area contributed by atoms with Crippen LogP contribution in [0.1, 0.15) is 32.3 Å². The number of nitrogens with one attached hydrogen (secondary N) is 1. The highest BCUT2D eigenvalue weighted by Crippen LogP contribution is 2.28. The maximum absolute atomic E-state index is 13.8. The molecule has 0 bridgehead atoms. The van der Waals surface area contributed by atoms with Gasteiger partial charge in [-0.15, -0.1) is 0 Å². The van der Waals surface area contributed by atoms with E-state index in [0.29, 0.717) is 6.42 Å². The fourth-order valence-electron chi connectivity index (χ4n) is 3.16. The summed E-state index contributed by atoms with van der Waals surface area (Å²) >= 11 is 0. The molecule has 0 radical (unpaired) electrons. The predicted molar refractivity (Wildman–Crippen MR) is 84.8 cm³/mol. The molecule has 0 aliphatic rings. The van der Waals surface area contributed by atoms with Crippen LogP contribution in [-0.4, -0.2) is 37.7 Å². The molecule has 1 atom stereocenters. The Morgan fingerprint density at radius 3 is 2.33 bits per heavy atom. The second-order valence-electron chi connectivity index (χ2n) is 5.60. The van der Waals surface area contributed by atoms with Crippen LogP contribution in [-0.2, 0) is 6.42 Å². The van der Waals surface area contributed by atoms with Gasteiger partial charge in [-0.2, -0.15) is 0 Å². The van der Waals surface area contributed by atoms with Crippen molar-refractivity contribution in [2.24, 2.45) is 5.84 Å². The number of hydrazine groups is 1. The number of hydrogen-bond acceptors (Lipinski definition) is 4. The van der Waals surface area contributed by atoms with Gasteiger partial charge in [-0.25, -0.2) is 4.39 Å². The van der Waals surface area contributed by atoms with E-state index in [2.05, 4.69) is 38.3 Å². The first-order valence-electron chi connectivity index (χ1n) is 7.41. The number of nitrogens with two attached hydrogens (primary N) is 1. The molecule has 21 heavy (non-hydrogen) atoms. The van der Waals surface area contributed by atoms with Crippen LogP contribution >= 0.6 is 0 Å². The van der Waals surface area contributed by atoms with Crippen molar-refractivity contribution in [3.63, 3.8) is 0 Å². The molecule has 0 saturated carbocycles. The van der Waals surface area contributed by atoms with Gasteiger partial charge in [0.25, 0.3) is 0 Å². The van der Waals surface area contributed by atoms with Crippen molar-refractivity contribution in [1.29, 1.82) is 0 Å². The van der Waals surface area contributed by atoms with E-state index in [0.717, 1.165) is 18.4 Å². The Balaban J connectivity index is 3.03. The highest BCUT2D eigenvalue weighted by molar-refractivity contribution is 5.30. The van der Waals surface area contributed by atoms with Crippen molar-refractivity contribution in [1.82, 2.24) is 10.3 Å². The molecule has 1 rings (SSSR count). The molecule has 0 aromatic heterocycles. The number of halogens is 1. The van der Waals surface area contributed by atoms with Crippen LogP contribution in [0.2, 0.25) is 0 Å². The molecule has 0 fully saturated rings. The van der Waals surface area contributed by atoms with Gasteiger partial charge in [0, 0.05) is 11.6 Å². The van der Waals surface area contributed by atoms with Crippen molar-refractivity contribution >= 4 is 0 Å². The molecule has 0 spiro atoms. The fraction of sp³-hybridized carbons (Fsp3) is 0.625. The van der Waals surface area contributed by atoms with Gasteiger partial charge < -0.3 is 9.64 Å².